The fourth-order valence-electron chi connectivity index (χ4n) is 1.80. The Morgan fingerprint density at radius 3 is 2.56 bits per heavy atom. The van der Waals surface area contributed by atoms with Crippen molar-refractivity contribution in [3.05, 3.63) is 58.7 Å². The summed E-state index contributed by atoms with van der Waals surface area (Å²) in [4.78, 5) is 0. The lowest BCUT2D eigenvalue weighted by atomic mass is 9.81. The monoisotopic (exact) mass is 258 g/mol. The molecule has 18 heavy (non-hydrogen) atoms. The quantitative estimate of drug-likeness (QED) is 0.707. The molecule has 0 saturated heterocycles. The lowest BCUT2D eigenvalue weighted by molar-refractivity contribution is 0.0697. The van der Waals surface area contributed by atoms with E-state index in [-0.39, 0.29) is 5.92 Å². The van der Waals surface area contributed by atoms with Crippen molar-refractivity contribution >= 4 is 11.6 Å². The number of hydrogen-bond acceptors (Lipinski definition) is 1. The van der Waals surface area contributed by atoms with E-state index in [0.717, 1.165) is 11.1 Å². The van der Waals surface area contributed by atoms with Gasteiger partial charge in [-0.25, -0.2) is 0 Å². The first-order chi connectivity index (χ1) is 8.50. The summed E-state index contributed by atoms with van der Waals surface area (Å²) in [5.41, 5.74) is 0.836. The highest BCUT2D eigenvalue weighted by Gasteiger charge is 2.31. The molecule has 1 aromatic rings. The van der Waals surface area contributed by atoms with Gasteiger partial charge in [-0.05, 0) is 25.1 Å². The van der Waals surface area contributed by atoms with Crippen LogP contribution >= 0.6 is 11.6 Å². The molecule has 1 nitrogen and oxygen atoms in total. The maximum Gasteiger partial charge on any atom is 0.0875 e. The summed E-state index contributed by atoms with van der Waals surface area (Å²) in [7, 11) is 0. The van der Waals surface area contributed by atoms with E-state index >= 15 is 0 Å². The van der Waals surface area contributed by atoms with E-state index in [1.807, 2.05) is 37.3 Å². The number of hydrogen-bond donors (Lipinski definition) is 1. The Morgan fingerprint density at radius 1 is 1.22 bits per heavy atom. The summed E-state index contributed by atoms with van der Waals surface area (Å²) < 4.78 is 0. The second kappa shape index (κ2) is 5.02. The SMILES string of the molecule is CC1C(C#Cc2ccccc2)=C(Cl)C=CC1(C)O. The van der Waals surface area contributed by atoms with Crippen LogP contribution in [0.1, 0.15) is 19.4 Å². The molecule has 1 aromatic carbocycles. The van der Waals surface area contributed by atoms with Crippen LogP contribution in [-0.2, 0) is 0 Å². The van der Waals surface area contributed by atoms with Crippen LogP contribution < -0.4 is 0 Å². The molecule has 0 spiro atoms. The summed E-state index contributed by atoms with van der Waals surface area (Å²) in [6.07, 6.45) is 3.43. The minimum Gasteiger partial charge on any atom is -0.385 e. The van der Waals surface area contributed by atoms with Gasteiger partial charge < -0.3 is 5.11 Å². The number of halogens is 1. The number of benzene rings is 1. The van der Waals surface area contributed by atoms with Gasteiger partial charge in [-0.3, -0.25) is 0 Å². The molecular weight excluding hydrogens is 244 g/mol. The molecule has 2 unspecified atom stereocenters. The number of rotatable bonds is 0. The second-order valence-corrected chi connectivity index (χ2v) is 5.07. The van der Waals surface area contributed by atoms with Crippen LogP contribution in [0.2, 0.25) is 0 Å². The van der Waals surface area contributed by atoms with E-state index in [0.29, 0.717) is 5.03 Å². The largest absolute Gasteiger partial charge is 0.385 e. The Bertz CT molecular complexity index is 556. The first-order valence-electron chi connectivity index (χ1n) is 5.89. The Kier molecular flexibility index (Phi) is 3.61. The third kappa shape index (κ3) is 2.67. The Morgan fingerprint density at radius 2 is 1.89 bits per heavy atom. The van der Waals surface area contributed by atoms with E-state index in [1.165, 1.54) is 0 Å². The summed E-state index contributed by atoms with van der Waals surface area (Å²) in [6.45, 7) is 3.70. The average molecular weight is 259 g/mol. The van der Waals surface area contributed by atoms with Crippen molar-refractivity contribution in [2.75, 3.05) is 0 Å². The summed E-state index contributed by atoms with van der Waals surface area (Å²) in [6, 6.07) is 9.74. The predicted molar refractivity (Wildman–Crippen MR) is 75.1 cm³/mol. The zero-order valence-corrected chi connectivity index (χ0v) is 11.2. The number of allylic oxidation sites excluding steroid dienone is 2. The van der Waals surface area contributed by atoms with E-state index in [2.05, 4.69) is 11.8 Å². The van der Waals surface area contributed by atoms with E-state index in [4.69, 9.17) is 11.6 Å². The molecule has 2 rings (SSSR count). The molecule has 0 aliphatic heterocycles. The van der Waals surface area contributed by atoms with Crippen molar-refractivity contribution in [3.8, 4) is 11.8 Å². The van der Waals surface area contributed by atoms with Gasteiger partial charge in [-0.2, -0.15) is 0 Å². The zero-order valence-electron chi connectivity index (χ0n) is 10.4. The van der Waals surface area contributed by atoms with Crippen molar-refractivity contribution in [1.82, 2.24) is 0 Å². The molecule has 1 N–H and O–H groups in total. The van der Waals surface area contributed by atoms with Gasteiger partial charge in [0.1, 0.15) is 0 Å². The third-order valence-corrected chi connectivity index (χ3v) is 3.58. The summed E-state index contributed by atoms with van der Waals surface area (Å²) >= 11 is 6.15. The van der Waals surface area contributed by atoms with Crippen molar-refractivity contribution in [2.45, 2.75) is 19.4 Å². The normalized spacial score (nSPS) is 26.8. The van der Waals surface area contributed by atoms with Gasteiger partial charge in [0.25, 0.3) is 0 Å². The molecular formula is C16H15ClO. The molecule has 0 fully saturated rings. The number of aliphatic hydroxyl groups is 1. The Hall–Kier alpha value is -1.49. The minimum absolute atomic E-state index is 0.105. The molecule has 0 bridgehead atoms. The van der Waals surface area contributed by atoms with Gasteiger partial charge in [0.2, 0.25) is 0 Å². The average Bonchev–Trinajstić information content (AvgIpc) is 2.36. The maximum atomic E-state index is 10.2. The molecule has 0 radical (unpaired) electrons. The molecule has 1 aliphatic carbocycles. The first-order valence-corrected chi connectivity index (χ1v) is 6.27. The van der Waals surface area contributed by atoms with Crippen LogP contribution in [0, 0.1) is 17.8 Å². The molecule has 92 valence electrons. The molecule has 0 amide bonds. The highest BCUT2D eigenvalue weighted by molar-refractivity contribution is 6.32. The molecule has 0 heterocycles. The lowest BCUT2D eigenvalue weighted by Gasteiger charge is -2.30. The van der Waals surface area contributed by atoms with Gasteiger partial charge in [0.05, 0.1) is 10.6 Å². The van der Waals surface area contributed by atoms with E-state index < -0.39 is 5.60 Å². The van der Waals surface area contributed by atoms with Crippen LogP contribution in [0.15, 0.2) is 53.1 Å². The fraction of sp³-hybridized carbons (Fsp3) is 0.250. The van der Waals surface area contributed by atoms with E-state index in [1.54, 1.807) is 19.1 Å². The molecule has 0 aromatic heterocycles. The minimum atomic E-state index is -0.890. The lowest BCUT2D eigenvalue weighted by Crippen LogP contribution is -2.33. The van der Waals surface area contributed by atoms with E-state index in [9.17, 15) is 5.11 Å². The first kappa shape index (κ1) is 13.0. The third-order valence-electron chi connectivity index (χ3n) is 3.25. The van der Waals surface area contributed by atoms with Gasteiger partial charge in [0, 0.05) is 17.1 Å². The topological polar surface area (TPSA) is 20.2 Å². The van der Waals surface area contributed by atoms with Gasteiger partial charge >= 0.3 is 0 Å². The van der Waals surface area contributed by atoms with Crippen molar-refractivity contribution in [3.63, 3.8) is 0 Å². The Labute approximate surface area is 113 Å². The summed E-state index contributed by atoms with van der Waals surface area (Å²) in [5, 5.41) is 10.8. The van der Waals surface area contributed by atoms with Gasteiger partial charge in [-0.1, -0.05) is 54.6 Å². The predicted octanol–water partition coefficient (Wildman–Crippen LogP) is 3.49. The van der Waals surface area contributed by atoms with Crippen molar-refractivity contribution < 1.29 is 5.11 Å². The maximum absolute atomic E-state index is 10.2. The summed E-state index contributed by atoms with van der Waals surface area (Å²) in [5.74, 6) is 6.05. The fourth-order valence-corrected chi connectivity index (χ4v) is 2.08. The van der Waals surface area contributed by atoms with Crippen LogP contribution in [0.4, 0.5) is 0 Å². The molecule has 1 aliphatic rings. The van der Waals surface area contributed by atoms with Crippen LogP contribution in [0.25, 0.3) is 0 Å². The second-order valence-electron chi connectivity index (χ2n) is 4.66. The zero-order chi connectivity index (χ0) is 13.2. The smallest absolute Gasteiger partial charge is 0.0875 e. The van der Waals surface area contributed by atoms with Crippen LogP contribution in [0.3, 0.4) is 0 Å². The standard InChI is InChI=1S/C16H15ClO/c1-12-14(15(17)10-11-16(12,2)18)9-8-13-6-4-3-5-7-13/h3-7,10-12,18H,1-2H3. The van der Waals surface area contributed by atoms with Crippen molar-refractivity contribution in [1.29, 1.82) is 0 Å². The van der Waals surface area contributed by atoms with Gasteiger partial charge in [0.15, 0.2) is 0 Å². The van der Waals surface area contributed by atoms with Crippen LogP contribution in [-0.4, -0.2) is 10.7 Å². The highest BCUT2D eigenvalue weighted by Crippen LogP contribution is 2.33. The van der Waals surface area contributed by atoms with Crippen LogP contribution in [0.5, 0.6) is 0 Å². The van der Waals surface area contributed by atoms with Gasteiger partial charge in [-0.15, -0.1) is 0 Å². The molecule has 0 saturated carbocycles. The molecule has 2 atom stereocenters. The highest BCUT2D eigenvalue weighted by atomic mass is 35.5. The molecule has 2 heteroatoms. The van der Waals surface area contributed by atoms with Crippen molar-refractivity contribution in [2.24, 2.45) is 5.92 Å². The Balaban J connectivity index is 2.34.